The number of urea groups is 1. The average Bonchev–Trinajstić information content (AvgIpc) is 2.91. The van der Waals surface area contributed by atoms with Crippen LogP contribution in [0.4, 0.5) is 4.79 Å². The first-order chi connectivity index (χ1) is 17.8. The number of carbonyl (C=O) groups is 2. The minimum atomic E-state index is 0.0104. The Balaban J connectivity index is 1.18. The number of nitrogens with one attached hydrogen (secondary N) is 1. The van der Waals surface area contributed by atoms with E-state index in [2.05, 4.69) is 30.1 Å². The summed E-state index contributed by atoms with van der Waals surface area (Å²) < 4.78 is 0. The van der Waals surface area contributed by atoms with Crippen LogP contribution in [0.1, 0.15) is 69.2 Å². The number of nitrogens with zero attached hydrogens (tertiary/aromatic N) is 3. The molecule has 7 heteroatoms. The maximum atomic E-state index is 13.7. The first-order valence-electron chi connectivity index (χ1n) is 14.3. The van der Waals surface area contributed by atoms with E-state index < -0.39 is 0 Å². The normalized spacial score (nSPS) is 25.7. The van der Waals surface area contributed by atoms with Crippen LogP contribution in [0.25, 0.3) is 0 Å². The molecule has 1 aromatic carbocycles. The van der Waals surface area contributed by atoms with Crippen molar-refractivity contribution in [3.63, 3.8) is 0 Å². The Labute approximate surface area is 227 Å². The van der Waals surface area contributed by atoms with Gasteiger partial charge in [-0.25, -0.2) is 4.79 Å². The molecule has 2 unspecified atom stereocenters. The molecule has 4 aliphatic carbocycles. The minimum absolute atomic E-state index is 0.0104. The second-order valence-electron chi connectivity index (χ2n) is 12.1. The van der Waals surface area contributed by atoms with Gasteiger partial charge in [-0.2, -0.15) is 0 Å². The van der Waals surface area contributed by atoms with Gasteiger partial charge in [0, 0.05) is 51.9 Å². The fourth-order valence-electron chi connectivity index (χ4n) is 6.88. The van der Waals surface area contributed by atoms with E-state index in [1.165, 1.54) is 31.3 Å². The molecule has 0 radical (unpaired) electrons. The van der Waals surface area contributed by atoms with Crippen molar-refractivity contribution in [2.45, 2.75) is 64.8 Å². The highest BCUT2D eigenvalue weighted by Crippen LogP contribution is 2.59. The minimum Gasteiger partial charge on any atom is -0.335 e. The van der Waals surface area contributed by atoms with E-state index in [-0.39, 0.29) is 11.9 Å². The number of amides is 3. The molecule has 37 heavy (non-hydrogen) atoms. The third kappa shape index (κ3) is 5.85. The van der Waals surface area contributed by atoms with Gasteiger partial charge in [0.2, 0.25) is 0 Å². The van der Waals surface area contributed by atoms with Crippen LogP contribution in [0.5, 0.6) is 0 Å². The molecule has 202 valence electrons. The summed E-state index contributed by atoms with van der Waals surface area (Å²) in [6.07, 6.45) is 10.7. The standard InChI is InChI=1S/C30H43ClN4O2/c1-30(2)23-13-12-22(26(30)20-23)21-35(28(36)25-10-6-7-11-27(25)31)19-16-33-14-17-34(18-15-33)29(37)32-24-8-4-3-5-9-24/h6-7,10-12,23-24,26H,3-5,8-9,13-21H2,1-2H3,(H,32,37). The summed E-state index contributed by atoms with van der Waals surface area (Å²) >= 11 is 6.44. The average molecular weight is 527 g/mol. The predicted molar refractivity (Wildman–Crippen MR) is 149 cm³/mol. The molecule has 1 heterocycles. The summed E-state index contributed by atoms with van der Waals surface area (Å²) in [5.74, 6) is 1.36. The van der Waals surface area contributed by atoms with Gasteiger partial charge < -0.3 is 15.1 Å². The largest absolute Gasteiger partial charge is 0.335 e. The molecular formula is C30H43ClN4O2. The van der Waals surface area contributed by atoms with Gasteiger partial charge in [-0.05, 0) is 55.1 Å². The first-order valence-corrected chi connectivity index (χ1v) is 14.7. The van der Waals surface area contributed by atoms with E-state index >= 15 is 0 Å². The number of hydrogen-bond acceptors (Lipinski definition) is 3. The molecular weight excluding hydrogens is 484 g/mol. The molecule has 1 aromatic rings. The van der Waals surface area contributed by atoms with Gasteiger partial charge in [0.1, 0.15) is 0 Å². The summed E-state index contributed by atoms with van der Waals surface area (Å²) in [7, 11) is 0. The molecule has 0 aromatic heterocycles. The third-order valence-corrected chi connectivity index (χ3v) is 9.96. The molecule has 3 fully saturated rings. The van der Waals surface area contributed by atoms with Crippen molar-refractivity contribution in [2.24, 2.45) is 17.3 Å². The summed E-state index contributed by atoms with van der Waals surface area (Å²) in [6, 6.07) is 7.81. The molecule has 3 amide bonds. The lowest BCUT2D eigenvalue weighted by Crippen LogP contribution is -2.55. The number of allylic oxidation sites excluding steroid dienone is 1. The Bertz CT molecular complexity index is 1010. The number of benzene rings is 1. The molecule has 1 N–H and O–H groups in total. The fourth-order valence-corrected chi connectivity index (χ4v) is 7.10. The number of halogens is 1. The molecule has 5 aliphatic rings. The van der Waals surface area contributed by atoms with Crippen molar-refractivity contribution in [3.8, 4) is 0 Å². The van der Waals surface area contributed by atoms with Crippen LogP contribution in [0.3, 0.4) is 0 Å². The van der Waals surface area contributed by atoms with Crippen LogP contribution < -0.4 is 5.32 Å². The van der Waals surface area contributed by atoms with E-state index in [0.717, 1.165) is 57.9 Å². The second kappa shape index (κ2) is 11.4. The van der Waals surface area contributed by atoms with Crippen LogP contribution in [-0.2, 0) is 0 Å². The van der Waals surface area contributed by atoms with Crippen molar-refractivity contribution in [1.82, 2.24) is 20.0 Å². The van der Waals surface area contributed by atoms with Crippen molar-refractivity contribution in [2.75, 3.05) is 45.8 Å². The number of carbonyl (C=O) groups excluding carboxylic acids is 2. The van der Waals surface area contributed by atoms with Crippen LogP contribution in [-0.4, -0.2) is 78.5 Å². The number of fused-ring (bicyclic) bond motifs is 1. The van der Waals surface area contributed by atoms with Gasteiger partial charge in [0.15, 0.2) is 0 Å². The van der Waals surface area contributed by atoms with E-state index in [0.29, 0.717) is 41.1 Å². The zero-order valence-electron chi connectivity index (χ0n) is 22.6. The van der Waals surface area contributed by atoms with Crippen LogP contribution in [0.2, 0.25) is 5.02 Å². The van der Waals surface area contributed by atoms with Gasteiger partial charge in [-0.15, -0.1) is 0 Å². The number of piperazine rings is 1. The molecule has 1 saturated heterocycles. The van der Waals surface area contributed by atoms with Crippen LogP contribution >= 0.6 is 11.6 Å². The third-order valence-electron chi connectivity index (χ3n) is 9.63. The quantitative estimate of drug-likeness (QED) is 0.482. The van der Waals surface area contributed by atoms with Gasteiger partial charge in [-0.1, -0.05) is 68.5 Å². The van der Waals surface area contributed by atoms with E-state index in [9.17, 15) is 9.59 Å². The predicted octanol–water partition coefficient (Wildman–Crippen LogP) is 5.43. The molecule has 2 saturated carbocycles. The first kappa shape index (κ1) is 26.6. The SMILES string of the molecule is CC1(C)C2CC=C(CN(CCN3CCN(C(=O)NC4CCCCC4)CC3)C(=O)c3ccccc3Cl)C1C2. The molecule has 0 spiro atoms. The molecule has 6 rings (SSSR count). The van der Waals surface area contributed by atoms with Gasteiger partial charge >= 0.3 is 6.03 Å². The zero-order valence-corrected chi connectivity index (χ0v) is 23.3. The highest BCUT2D eigenvalue weighted by molar-refractivity contribution is 6.33. The molecule has 2 bridgehead atoms. The number of hydrogen-bond donors (Lipinski definition) is 1. The molecule has 1 aliphatic heterocycles. The monoisotopic (exact) mass is 526 g/mol. The lowest BCUT2D eigenvalue weighted by molar-refractivity contribution is -0.0105. The van der Waals surface area contributed by atoms with E-state index in [1.54, 1.807) is 6.07 Å². The second-order valence-corrected chi connectivity index (χ2v) is 12.5. The summed E-state index contributed by atoms with van der Waals surface area (Å²) in [4.78, 5) is 32.8. The van der Waals surface area contributed by atoms with E-state index in [4.69, 9.17) is 11.6 Å². The van der Waals surface area contributed by atoms with Gasteiger partial charge in [0.05, 0.1) is 10.6 Å². The van der Waals surface area contributed by atoms with Crippen molar-refractivity contribution in [3.05, 3.63) is 46.5 Å². The Hall–Kier alpha value is -2.05. The Morgan fingerprint density at radius 1 is 1.08 bits per heavy atom. The number of rotatable bonds is 7. The maximum absolute atomic E-state index is 13.7. The van der Waals surface area contributed by atoms with Crippen molar-refractivity contribution >= 4 is 23.5 Å². The van der Waals surface area contributed by atoms with Crippen molar-refractivity contribution in [1.29, 1.82) is 0 Å². The maximum Gasteiger partial charge on any atom is 0.317 e. The summed E-state index contributed by atoms with van der Waals surface area (Å²) in [5, 5.41) is 3.76. The van der Waals surface area contributed by atoms with E-state index in [1.807, 2.05) is 28.0 Å². The Kier molecular flexibility index (Phi) is 8.16. The lowest BCUT2D eigenvalue weighted by Gasteiger charge is -2.57. The van der Waals surface area contributed by atoms with Crippen molar-refractivity contribution < 1.29 is 9.59 Å². The topological polar surface area (TPSA) is 55.9 Å². The summed E-state index contributed by atoms with van der Waals surface area (Å²) in [6.45, 7) is 10.0. The lowest BCUT2D eigenvalue weighted by atomic mass is 9.49. The van der Waals surface area contributed by atoms with Gasteiger partial charge in [-0.3, -0.25) is 9.69 Å². The van der Waals surface area contributed by atoms with Crippen LogP contribution in [0, 0.1) is 17.3 Å². The highest BCUT2D eigenvalue weighted by Gasteiger charge is 2.51. The smallest absolute Gasteiger partial charge is 0.317 e. The molecule has 6 nitrogen and oxygen atoms in total. The van der Waals surface area contributed by atoms with Gasteiger partial charge in [0.25, 0.3) is 5.91 Å². The fraction of sp³-hybridized carbons (Fsp3) is 0.667. The Morgan fingerprint density at radius 2 is 1.81 bits per heavy atom. The zero-order chi connectivity index (χ0) is 26.0. The van der Waals surface area contributed by atoms with Crippen LogP contribution in [0.15, 0.2) is 35.9 Å². The highest BCUT2D eigenvalue weighted by atomic mass is 35.5. The summed E-state index contributed by atoms with van der Waals surface area (Å²) in [5.41, 5.74) is 2.32. The molecule has 2 atom stereocenters. The Morgan fingerprint density at radius 3 is 2.49 bits per heavy atom.